The van der Waals surface area contributed by atoms with Crippen LogP contribution in [0.3, 0.4) is 0 Å². The van der Waals surface area contributed by atoms with Gasteiger partial charge >= 0.3 is 0 Å². The first kappa shape index (κ1) is 14.6. The van der Waals surface area contributed by atoms with Gasteiger partial charge in [-0.05, 0) is 31.5 Å². The summed E-state index contributed by atoms with van der Waals surface area (Å²) in [5, 5.41) is 6.76. The number of hydrogen-bond donors (Lipinski definition) is 3. The largest absolute Gasteiger partial charge is 0.399 e. The lowest BCUT2D eigenvalue weighted by Crippen LogP contribution is -2.24. The first-order chi connectivity index (χ1) is 9.88. The minimum absolute atomic E-state index is 0.259. The highest BCUT2D eigenvalue weighted by molar-refractivity contribution is 5.95. The van der Waals surface area contributed by atoms with E-state index >= 15 is 0 Å². The van der Waals surface area contributed by atoms with Crippen molar-refractivity contribution < 1.29 is 9.59 Å². The summed E-state index contributed by atoms with van der Waals surface area (Å²) < 4.78 is 1.39. The Hall–Kier alpha value is -2.83. The van der Waals surface area contributed by atoms with E-state index in [1.165, 1.54) is 17.1 Å². The molecule has 21 heavy (non-hydrogen) atoms. The maximum atomic E-state index is 12.2. The highest BCUT2D eigenvalue weighted by atomic mass is 16.2. The zero-order valence-corrected chi connectivity index (χ0v) is 11.8. The molecule has 2 aromatic rings. The molecule has 0 saturated heterocycles. The highest BCUT2D eigenvalue weighted by Gasteiger charge is 2.18. The van der Waals surface area contributed by atoms with Crippen LogP contribution in [0.2, 0.25) is 0 Å². The van der Waals surface area contributed by atoms with Gasteiger partial charge < -0.3 is 16.8 Å². The van der Waals surface area contributed by atoms with Crippen LogP contribution < -0.4 is 16.8 Å². The molecular formula is C14H17N5O2. The normalized spacial score (nSPS) is 11.9. The number of amides is 2. The van der Waals surface area contributed by atoms with E-state index in [1.807, 2.05) is 13.0 Å². The number of aryl methyl sites for hydroxylation is 1. The molecule has 7 nitrogen and oxygen atoms in total. The Morgan fingerprint density at radius 1 is 1.38 bits per heavy atom. The molecule has 1 atom stereocenters. The van der Waals surface area contributed by atoms with Crippen LogP contribution >= 0.6 is 0 Å². The molecule has 0 aliphatic heterocycles. The van der Waals surface area contributed by atoms with Crippen LogP contribution in [0.15, 0.2) is 30.6 Å². The number of nitrogen functional groups attached to an aromatic ring is 1. The van der Waals surface area contributed by atoms with Gasteiger partial charge in [-0.1, -0.05) is 6.07 Å². The van der Waals surface area contributed by atoms with E-state index in [1.54, 1.807) is 19.1 Å². The Bertz CT molecular complexity index is 692. The van der Waals surface area contributed by atoms with E-state index in [0.29, 0.717) is 11.4 Å². The topological polar surface area (TPSA) is 116 Å². The van der Waals surface area contributed by atoms with Crippen molar-refractivity contribution in [3.05, 3.63) is 41.7 Å². The van der Waals surface area contributed by atoms with Crippen molar-refractivity contribution in [2.24, 2.45) is 5.73 Å². The molecule has 0 bridgehead atoms. The molecule has 1 heterocycles. The van der Waals surface area contributed by atoms with Gasteiger partial charge in [0.05, 0.1) is 11.8 Å². The number of nitrogens with zero attached hydrogens (tertiary/aromatic N) is 2. The fourth-order valence-electron chi connectivity index (χ4n) is 1.81. The first-order valence-corrected chi connectivity index (χ1v) is 6.39. The number of hydrogen-bond acceptors (Lipinski definition) is 4. The Morgan fingerprint density at radius 3 is 2.71 bits per heavy atom. The molecular weight excluding hydrogens is 270 g/mol. The molecule has 110 valence electrons. The number of aromatic nitrogens is 2. The summed E-state index contributed by atoms with van der Waals surface area (Å²) in [5.41, 5.74) is 13.2. The predicted molar refractivity (Wildman–Crippen MR) is 79.7 cm³/mol. The summed E-state index contributed by atoms with van der Waals surface area (Å²) in [6.45, 7) is 3.55. The first-order valence-electron chi connectivity index (χ1n) is 6.39. The highest BCUT2D eigenvalue weighted by Crippen LogP contribution is 2.19. The van der Waals surface area contributed by atoms with Crippen LogP contribution in [0.25, 0.3) is 0 Å². The number of nitrogens with two attached hydrogens (primary N) is 2. The minimum Gasteiger partial charge on any atom is -0.399 e. The third-order valence-electron chi connectivity index (χ3n) is 3.18. The van der Waals surface area contributed by atoms with Gasteiger partial charge in [0.1, 0.15) is 6.04 Å². The summed E-state index contributed by atoms with van der Waals surface area (Å²) in [7, 11) is 0. The van der Waals surface area contributed by atoms with Gasteiger partial charge in [-0.3, -0.25) is 14.3 Å². The molecule has 7 heteroatoms. The average Bonchev–Trinajstić information content (AvgIpc) is 2.91. The molecule has 0 radical (unpaired) electrons. The van der Waals surface area contributed by atoms with E-state index in [9.17, 15) is 9.59 Å². The SMILES string of the molecule is Cc1ccc(N)cc1NC(=O)C(C)n1cc(C(N)=O)cn1. The average molecular weight is 287 g/mol. The van der Waals surface area contributed by atoms with E-state index in [-0.39, 0.29) is 11.5 Å². The third-order valence-corrected chi connectivity index (χ3v) is 3.18. The second-order valence-corrected chi connectivity index (χ2v) is 4.81. The fourth-order valence-corrected chi connectivity index (χ4v) is 1.81. The summed E-state index contributed by atoms with van der Waals surface area (Å²) in [6, 6.07) is 4.70. The fraction of sp³-hybridized carbons (Fsp3) is 0.214. The predicted octanol–water partition coefficient (Wildman–Crippen LogP) is 1.07. The van der Waals surface area contributed by atoms with Crippen LogP contribution in [0, 0.1) is 6.92 Å². The van der Waals surface area contributed by atoms with Gasteiger partial charge in [0.25, 0.3) is 5.91 Å². The van der Waals surface area contributed by atoms with Crippen LogP contribution in [0.4, 0.5) is 11.4 Å². The maximum absolute atomic E-state index is 12.2. The van der Waals surface area contributed by atoms with Crippen molar-refractivity contribution in [1.29, 1.82) is 0 Å². The van der Waals surface area contributed by atoms with Crippen molar-refractivity contribution in [2.75, 3.05) is 11.1 Å². The number of rotatable bonds is 4. The van der Waals surface area contributed by atoms with Gasteiger partial charge in [-0.2, -0.15) is 5.10 Å². The molecule has 0 saturated carbocycles. The number of anilines is 2. The quantitative estimate of drug-likeness (QED) is 0.729. The van der Waals surface area contributed by atoms with E-state index in [4.69, 9.17) is 11.5 Å². The Kier molecular flexibility index (Phi) is 3.93. The van der Waals surface area contributed by atoms with E-state index in [0.717, 1.165) is 5.56 Å². The molecule has 5 N–H and O–H groups in total. The molecule has 2 rings (SSSR count). The van der Waals surface area contributed by atoms with E-state index in [2.05, 4.69) is 10.4 Å². The second kappa shape index (κ2) is 5.66. The summed E-state index contributed by atoms with van der Waals surface area (Å²) in [5.74, 6) is -0.844. The molecule has 2 amide bonds. The smallest absolute Gasteiger partial charge is 0.251 e. The van der Waals surface area contributed by atoms with Crippen molar-refractivity contribution in [2.45, 2.75) is 19.9 Å². The number of benzene rings is 1. The molecule has 0 spiro atoms. The van der Waals surface area contributed by atoms with Crippen molar-refractivity contribution in [3.63, 3.8) is 0 Å². The van der Waals surface area contributed by atoms with Crippen molar-refractivity contribution in [3.8, 4) is 0 Å². The monoisotopic (exact) mass is 287 g/mol. The van der Waals surface area contributed by atoms with Crippen LogP contribution in [-0.2, 0) is 4.79 Å². The van der Waals surface area contributed by atoms with Crippen molar-refractivity contribution >= 4 is 23.2 Å². The van der Waals surface area contributed by atoms with Crippen molar-refractivity contribution in [1.82, 2.24) is 9.78 Å². The zero-order chi connectivity index (χ0) is 15.6. The lowest BCUT2D eigenvalue weighted by atomic mass is 10.1. The maximum Gasteiger partial charge on any atom is 0.251 e. The van der Waals surface area contributed by atoms with Gasteiger partial charge in [0.15, 0.2) is 0 Å². The van der Waals surface area contributed by atoms with Gasteiger partial charge in [0.2, 0.25) is 5.91 Å². The summed E-state index contributed by atoms with van der Waals surface area (Å²) in [6.07, 6.45) is 2.77. The van der Waals surface area contributed by atoms with Crippen LogP contribution in [0.5, 0.6) is 0 Å². The third kappa shape index (κ3) is 3.19. The number of primary amides is 1. The Morgan fingerprint density at radius 2 is 2.10 bits per heavy atom. The molecule has 1 aromatic heterocycles. The molecule has 1 aromatic carbocycles. The summed E-state index contributed by atoms with van der Waals surface area (Å²) >= 11 is 0. The molecule has 0 fully saturated rings. The lowest BCUT2D eigenvalue weighted by molar-refractivity contribution is -0.119. The van der Waals surface area contributed by atoms with Crippen LogP contribution in [-0.4, -0.2) is 21.6 Å². The number of carbonyl (C=O) groups excluding carboxylic acids is 2. The number of carbonyl (C=O) groups is 2. The molecule has 1 unspecified atom stereocenters. The van der Waals surface area contributed by atoms with E-state index < -0.39 is 11.9 Å². The standard InChI is InChI=1S/C14H17N5O2/c1-8-3-4-11(15)5-12(8)18-14(21)9(2)19-7-10(6-17-19)13(16)20/h3-7,9H,15H2,1-2H3,(H2,16,20)(H,18,21). The lowest BCUT2D eigenvalue weighted by Gasteiger charge is -2.14. The van der Waals surface area contributed by atoms with Gasteiger partial charge in [0, 0.05) is 17.6 Å². The van der Waals surface area contributed by atoms with Crippen LogP contribution in [0.1, 0.15) is 28.9 Å². The zero-order valence-electron chi connectivity index (χ0n) is 11.8. The number of nitrogens with one attached hydrogen (secondary N) is 1. The Balaban J connectivity index is 2.15. The molecule has 0 aliphatic carbocycles. The van der Waals surface area contributed by atoms with Gasteiger partial charge in [-0.25, -0.2) is 0 Å². The summed E-state index contributed by atoms with van der Waals surface area (Å²) in [4.78, 5) is 23.3. The molecule has 0 aliphatic rings. The Labute approximate surface area is 121 Å². The minimum atomic E-state index is -0.584. The van der Waals surface area contributed by atoms with Gasteiger partial charge in [-0.15, -0.1) is 0 Å². The second-order valence-electron chi connectivity index (χ2n) is 4.81.